The number of benzene rings is 2. The highest BCUT2D eigenvalue weighted by atomic mass is 79.9. The number of halogens is 2. The van der Waals surface area contributed by atoms with Crippen LogP contribution in [-0.2, 0) is 4.79 Å². The summed E-state index contributed by atoms with van der Waals surface area (Å²) in [5, 5.41) is 0. The summed E-state index contributed by atoms with van der Waals surface area (Å²) in [5.74, 6) is -1.21. The first-order valence-electron chi connectivity index (χ1n) is 7.61. The molecule has 1 heterocycles. The van der Waals surface area contributed by atoms with E-state index in [-0.39, 0.29) is 11.5 Å². The Balaban J connectivity index is 1.83. The molecule has 2 aromatic carbocycles. The molecule has 1 aliphatic rings. The van der Waals surface area contributed by atoms with Crippen LogP contribution in [-0.4, -0.2) is 35.8 Å². The molecule has 2 aromatic rings. The van der Waals surface area contributed by atoms with E-state index in [1.165, 1.54) is 23.1 Å². The van der Waals surface area contributed by atoms with Crippen molar-refractivity contribution in [2.24, 2.45) is 0 Å². The first kappa shape index (κ1) is 16.6. The third kappa shape index (κ3) is 3.06. The predicted molar refractivity (Wildman–Crippen MR) is 93.4 cm³/mol. The quantitative estimate of drug-likeness (QED) is 0.787. The molecule has 0 aliphatic carbocycles. The Bertz CT molecular complexity index is 796. The molecule has 0 spiro atoms. The van der Waals surface area contributed by atoms with Crippen LogP contribution in [0.25, 0.3) is 0 Å². The minimum Gasteiger partial charge on any atom is -0.325 e. The predicted octanol–water partition coefficient (Wildman–Crippen LogP) is 3.47. The maximum Gasteiger partial charge on any atom is 0.257 e. The lowest BCUT2D eigenvalue weighted by Gasteiger charge is -2.39. The average molecular weight is 391 g/mol. The molecule has 1 saturated heterocycles. The van der Waals surface area contributed by atoms with Crippen LogP contribution in [0.1, 0.15) is 17.3 Å². The number of piperazine rings is 1. The van der Waals surface area contributed by atoms with Crippen LogP contribution in [0.4, 0.5) is 10.1 Å². The molecular formula is C18H16BrFN2O2. The Labute approximate surface area is 148 Å². The van der Waals surface area contributed by atoms with Gasteiger partial charge >= 0.3 is 0 Å². The molecule has 124 valence electrons. The summed E-state index contributed by atoms with van der Waals surface area (Å²) in [7, 11) is 0. The number of hydrogen-bond acceptors (Lipinski definition) is 2. The second-order valence-electron chi connectivity index (χ2n) is 5.62. The Kier molecular flexibility index (Phi) is 4.66. The van der Waals surface area contributed by atoms with E-state index in [2.05, 4.69) is 15.9 Å². The lowest BCUT2D eigenvalue weighted by atomic mass is 10.1. The van der Waals surface area contributed by atoms with Crippen molar-refractivity contribution in [1.82, 2.24) is 4.90 Å². The van der Waals surface area contributed by atoms with Crippen molar-refractivity contribution in [2.45, 2.75) is 13.0 Å². The van der Waals surface area contributed by atoms with Crippen LogP contribution < -0.4 is 4.90 Å². The third-order valence-corrected chi connectivity index (χ3v) is 4.63. The molecule has 4 nitrogen and oxygen atoms in total. The van der Waals surface area contributed by atoms with E-state index in [4.69, 9.17) is 0 Å². The molecule has 0 N–H and O–H groups in total. The number of carbonyl (C=O) groups is 2. The monoisotopic (exact) mass is 390 g/mol. The fourth-order valence-electron chi connectivity index (χ4n) is 2.84. The fraction of sp³-hybridized carbons (Fsp3) is 0.222. The number of rotatable bonds is 2. The summed E-state index contributed by atoms with van der Waals surface area (Å²) in [5.41, 5.74) is 0.771. The largest absolute Gasteiger partial charge is 0.325 e. The molecular weight excluding hydrogens is 375 g/mol. The third-order valence-electron chi connectivity index (χ3n) is 4.14. The number of carbonyl (C=O) groups excluding carboxylic acids is 2. The molecule has 0 aromatic heterocycles. The topological polar surface area (TPSA) is 40.6 Å². The molecule has 1 fully saturated rings. The molecule has 1 aliphatic heterocycles. The van der Waals surface area contributed by atoms with Crippen LogP contribution in [0.3, 0.4) is 0 Å². The number of anilines is 1. The van der Waals surface area contributed by atoms with Crippen molar-refractivity contribution >= 4 is 33.4 Å². The highest BCUT2D eigenvalue weighted by molar-refractivity contribution is 9.10. The Morgan fingerprint density at radius 3 is 2.62 bits per heavy atom. The maximum absolute atomic E-state index is 13.9. The van der Waals surface area contributed by atoms with Crippen LogP contribution in [0.5, 0.6) is 0 Å². The van der Waals surface area contributed by atoms with E-state index in [9.17, 15) is 14.0 Å². The minimum atomic E-state index is -0.648. The second kappa shape index (κ2) is 6.73. The van der Waals surface area contributed by atoms with Gasteiger partial charge in [-0.15, -0.1) is 0 Å². The highest BCUT2D eigenvalue weighted by Gasteiger charge is 2.36. The summed E-state index contributed by atoms with van der Waals surface area (Å²) >= 11 is 3.39. The van der Waals surface area contributed by atoms with Crippen LogP contribution >= 0.6 is 15.9 Å². The number of amides is 2. The minimum absolute atomic E-state index is 0.00643. The summed E-state index contributed by atoms with van der Waals surface area (Å²) in [4.78, 5) is 28.4. The molecule has 2 amide bonds. The van der Waals surface area contributed by atoms with Gasteiger partial charge in [-0.1, -0.05) is 34.1 Å². The van der Waals surface area contributed by atoms with Gasteiger partial charge in [-0.25, -0.2) is 4.39 Å². The van der Waals surface area contributed by atoms with Gasteiger partial charge in [-0.3, -0.25) is 9.59 Å². The zero-order valence-corrected chi connectivity index (χ0v) is 14.7. The summed E-state index contributed by atoms with van der Waals surface area (Å²) < 4.78 is 14.7. The zero-order valence-electron chi connectivity index (χ0n) is 13.1. The van der Waals surface area contributed by atoms with Gasteiger partial charge in [0.25, 0.3) is 5.91 Å². The number of nitrogens with zero attached hydrogens (tertiary/aromatic N) is 2. The fourth-order valence-corrected chi connectivity index (χ4v) is 3.22. The van der Waals surface area contributed by atoms with Crippen molar-refractivity contribution in [3.63, 3.8) is 0 Å². The van der Waals surface area contributed by atoms with Crippen LogP contribution in [0.2, 0.25) is 0 Å². The van der Waals surface area contributed by atoms with E-state index >= 15 is 0 Å². The van der Waals surface area contributed by atoms with E-state index in [1.54, 1.807) is 17.9 Å². The Morgan fingerprint density at radius 2 is 1.92 bits per heavy atom. The van der Waals surface area contributed by atoms with Crippen LogP contribution in [0.15, 0.2) is 53.0 Å². The average Bonchev–Trinajstić information content (AvgIpc) is 2.57. The lowest BCUT2D eigenvalue weighted by Crippen LogP contribution is -2.57. The van der Waals surface area contributed by atoms with Gasteiger partial charge in [0, 0.05) is 23.2 Å². The zero-order chi connectivity index (χ0) is 17.3. The summed E-state index contributed by atoms with van der Waals surface area (Å²) in [6.45, 7) is 2.40. The van der Waals surface area contributed by atoms with E-state index in [0.29, 0.717) is 13.1 Å². The molecule has 0 unspecified atom stereocenters. The lowest BCUT2D eigenvalue weighted by molar-refractivity contribution is -0.124. The maximum atomic E-state index is 13.9. The summed E-state index contributed by atoms with van der Waals surface area (Å²) in [6.07, 6.45) is 0. The Morgan fingerprint density at radius 1 is 1.17 bits per heavy atom. The molecule has 0 bridgehead atoms. The van der Waals surface area contributed by atoms with Crippen molar-refractivity contribution in [3.8, 4) is 0 Å². The molecule has 0 saturated carbocycles. The normalized spacial score (nSPS) is 18.0. The smallest absolute Gasteiger partial charge is 0.257 e. The van der Waals surface area contributed by atoms with Crippen molar-refractivity contribution in [2.75, 3.05) is 18.0 Å². The second-order valence-corrected chi connectivity index (χ2v) is 6.54. The van der Waals surface area contributed by atoms with Gasteiger partial charge in [0.05, 0.1) is 5.56 Å². The van der Waals surface area contributed by atoms with Crippen molar-refractivity contribution < 1.29 is 14.0 Å². The molecule has 3 rings (SSSR count). The van der Waals surface area contributed by atoms with Gasteiger partial charge in [0.2, 0.25) is 5.91 Å². The SMILES string of the molecule is C[C@@H]1C(=O)N(c2cccc(Br)c2)CCN1C(=O)c1ccccc1F. The van der Waals surface area contributed by atoms with Gasteiger partial charge in [0.15, 0.2) is 0 Å². The van der Waals surface area contributed by atoms with E-state index in [0.717, 1.165) is 10.2 Å². The van der Waals surface area contributed by atoms with Gasteiger partial charge < -0.3 is 9.80 Å². The van der Waals surface area contributed by atoms with Crippen molar-refractivity contribution in [1.29, 1.82) is 0 Å². The molecule has 6 heteroatoms. The highest BCUT2D eigenvalue weighted by Crippen LogP contribution is 2.24. The van der Waals surface area contributed by atoms with Gasteiger partial charge in [0.1, 0.15) is 11.9 Å². The molecule has 0 radical (unpaired) electrons. The standard InChI is InChI=1S/C18H16BrFN2O2/c1-12-17(23)22(14-6-4-5-13(19)11-14)10-9-21(12)18(24)15-7-2-3-8-16(15)20/h2-8,11-12H,9-10H2,1H3/t12-/m1/s1. The molecule has 1 atom stereocenters. The first-order valence-corrected chi connectivity index (χ1v) is 8.41. The first-order chi connectivity index (χ1) is 11.5. The summed E-state index contributed by atoms with van der Waals surface area (Å²) in [6, 6.07) is 12.6. The van der Waals surface area contributed by atoms with Gasteiger partial charge in [-0.2, -0.15) is 0 Å². The van der Waals surface area contributed by atoms with Gasteiger partial charge in [-0.05, 0) is 37.3 Å². The van der Waals surface area contributed by atoms with E-state index in [1.807, 2.05) is 24.3 Å². The Hall–Kier alpha value is -2.21. The molecule has 24 heavy (non-hydrogen) atoms. The van der Waals surface area contributed by atoms with E-state index < -0.39 is 17.8 Å². The van der Waals surface area contributed by atoms with Crippen molar-refractivity contribution in [3.05, 3.63) is 64.4 Å². The van der Waals surface area contributed by atoms with Crippen LogP contribution in [0, 0.1) is 5.82 Å². The number of hydrogen-bond donors (Lipinski definition) is 0.